The van der Waals surface area contributed by atoms with E-state index in [-0.39, 0.29) is 0 Å². The van der Waals surface area contributed by atoms with Crippen molar-refractivity contribution in [1.29, 1.82) is 0 Å². The molecule has 1 fully saturated rings. The number of furan rings is 1. The normalized spacial score (nSPS) is 14.9. The lowest BCUT2D eigenvalue weighted by atomic mass is 10.1. The highest BCUT2D eigenvalue weighted by Gasteiger charge is 2.11. The van der Waals surface area contributed by atoms with Gasteiger partial charge in [0.15, 0.2) is 0 Å². The monoisotopic (exact) mass is 378 g/mol. The summed E-state index contributed by atoms with van der Waals surface area (Å²) in [6.07, 6.45) is 4.06. The predicted molar refractivity (Wildman–Crippen MR) is 114 cm³/mol. The van der Waals surface area contributed by atoms with Gasteiger partial charge in [-0.1, -0.05) is 18.2 Å². The van der Waals surface area contributed by atoms with E-state index in [1.165, 1.54) is 5.69 Å². The highest BCUT2D eigenvalue weighted by molar-refractivity contribution is 5.83. The summed E-state index contributed by atoms with van der Waals surface area (Å²) in [7, 11) is 4.08. The number of hydrogen-bond donors (Lipinski definition) is 0. The summed E-state index contributed by atoms with van der Waals surface area (Å²) in [6.45, 7) is 4.01. The van der Waals surface area contributed by atoms with E-state index in [1.807, 2.05) is 44.4 Å². The van der Waals surface area contributed by atoms with Gasteiger partial charge in [0.1, 0.15) is 23.7 Å². The smallest absolute Gasteiger partial charge is 0.138 e. The van der Waals surface area contributed by atoms with Gasteiger partial charge in [0.2, 0.25) is 0 Å². The van der Waals surface area contributed by atoms with Crippen LogP contribution in [0.5, 0.6) is 5.75 Å². The second-order valence-electron chi connectivity index (χ2n) is 7.17. The number of anilines is 1. The molecule has 0 atom stereocenters. The van der Waals surface area contributed by atoms with Gasteiger partial charge in [-0.15, -0.1) is 0 Å². The Morgan fingerprint density at radius 3 is 2.68 bits per heavy atom. The molecule has 1 saturated heterocycles. The fourth-order valence-electron chi connectivity index (χ4n) is 3.19. The average molecular weight is 378 g/mol. The van der Waals surface area contributed by atoms with Crippen molar-refractivity contribution in [1.82, 2.24) is 4.90 Å². The van der Waals surface area contributed by atoms with Crippen LogP contribution in [0.25, 0.3) is 23.1 Å². The third-order valence-corrected chi connectivity index (χ3v) is 4.86. The van der Waals surface area contributed by atoms with Crippen molar-refractivity contribution in [2.24, 2.45) is 0 Å². The van der Waals surface area contributed by atoms with Crippen molar-refractivity contribution >= 4 is 28.8 Å². The van der Waals surface area contributed by atoms with Gasteiger partial charge in [-0.05, 0) is 42.0 Å². The minimum Gasteiger partial charge on any atom is -0.492 e. The van der Waals surface area contributed by atoms with Crippen LogP contribution in [0.3, 0.4) is 0 Å². The Labute approximate surface area is 165 Å². The van der Waals surface area contributed by atoms with Gasteiger partial charge in [0.05, 0.1) is 13.3 Å². The Morgan fingerprint density at radius 1 is 1.07 bits per heavy atom. The Hall–Kier alpha value is -2.76. The molecule has 28 heavy (non-hydrogen) atoms. The van der Waals surface area contributed by atoms with Crippen molar-refractivity contribution in [2.45, 2.75) is 0 Å². The highest BCUT2D eigenvalue weighted by atomic mass is 16.5. The summed E-state index contributed by atoms with van der Waals surface area (Å²) in [5.74, 6) is 1.66. The molecule has 3 aromatic rings. The maximum atomic E-state index is 5.97. The largest absolute Gasteiger partial charge is 0.492 e. The van der Waals surface area contributed by atoms with E-state index in [2.05, 4.69) is 40.1 Å². The molecule has 5 nitrogen and oxygen atoms in total. The summed E-state index contributed by atoms with van der Waals surface area (Å²) in [6, 6.07) is 16.5. The molecule has 2 aromatic carbocycles. The molecule has 0 spiro atoms. The zero-order valence-electron chi connectivity index (χ0n) is 16.4. The maximum absolute atomic E-state index is 5.97. The minimum atomic E-state index is 0.644. The topological polar surface area (TPSA) is 38.1 Å². The van der Waals surface area contributed by atoms with Crippen molar-refractivity contribution in [2.75, 3.05) is 52.0 Å². The van der Waals surface area contributed by atoms with Crippen LogP contribution in [0.1, 0.15) is 11.3 Å². The second-order valence-corrected chi connectivity index (χ2v) is 7.17. The van der Waals surface area contributed by atoms with Crippen LogP contribution < -0.4 is 9.64 Å². The molecular formula is C23H26N2O3. The second kappa shape index (κ2) is 8.50. The molecule has 0 bridgehead atoms. The highest BCUT2D eigenvalue weighted by Crippen LogP contribution is 2.25. The van der Waals surface area contributed by atoms with E-state index in [9.17, 15) is 0 Å². The van der Waals surface area contributed by atoms with Gasteiger partial charge < -0.3 is 18.8 Å². The average Bonchev–Trinajstić information content (AvgIpc) is 3.35. The predicted octanol–water partition coefficient (Wildman–Crippen LogP) is 4.34. The molecule has 0 unspecified atom stereocenters. The number of hydrogen-bond acceptors (Lipinski definition) is 5. The van der Waals surface area contributed by atoms with Crippen LogP contribution in [-0.4, -0.2) is 52.0 Å². The summed E-state index contributed by atoms with van der Waals surface area (Å²) in [5, 5.41) is 1.07. The van der Waals surface area contributed by atoms with E-state index < -0.39 is 0 Å². The van der Waals surface area contributed by atoms with Crippen molar-refractivity contribution in [3.63, 3.8) is 0 Å². The molecule has 146 valence electrons. The van der Waals surface area contributed by atoms with Crippen LogP contribution in [-0.2, 0) is 4.74 Å². The van der Waals surface area contributed by atoms with E-state index in [4.69, 9.17) is 13.9 Å². The van der Waals surface area contributed by atoms with Crippen molar-refractivity contribution < 1.29 is 13.9 Å². The van der Waals surface area contributed by atoms with Crippen LogP contribution in [0.4, 0.5) is 5.69 Å². The van der Waals surface area contributed by atoms with Crippen molar-refractivity contribution in [3.05, 3.63) is 59.9 Å². The first-order valence-electron chi connectivity index (χ1n) is 9.59. The number of rotatable bonds is 7. The third-order valence-electron chi connectivity index (χ3n) is 4.86. The van der Waals surface area contributed by atoms with E-state index in [0.29, 0.717) is 13.3 Å². The number of ether oxygens (including phenoxy) is 2. The fourth-order valence-corrected chi connectivity index (χ4v) is 3.19. The zero-order valence-corrected chi connectivity index (χ0v) is 16.4. The first-order chi connectivity index (χ1) is 13.7. The first kappa shape index (κ1) is 18.6. The Kier molecular flexibility index (Phi) is 5.65. The van der Waals surface area contributed by atoms with Gasteiger partial charge in [-0.3, -0.25) is 4.90 Å². The van der Waals surface area contributed by atoms with E-state index in [0.717, 1.165) is 47.7 Å². The van der Waals surface area contributed by atoms with Crippen LogP contribution in [0.2, 0.25) is 0 Å². The molecular weight excluding hydrogens is 352 g/mol. The van der Waals surface area contributed by atoms with Gasteiger partial charge in [0, 0.05) is 44.3 Å². The molecule has 5 heteroatoms. The standard InChI is InChI=1S/C23H26N2O3/c1-24(2)20-7-3-18(4-8-20)5-9-22-15-19-6-10-21(16-23(19)28-22)27-14-12-25-11-13-26-17-25/h3-10,15-16H,11-14,17H2,1-2H3. The number of fused-ring (bicyclic) bond motifs is 1. The quantitative estimate of drug-likeness (QED) is 0.612. The van der Waals surface area contributed by atoms with Crippen LogP contribution in [0, 0.1) is 0 Å². The molecule has 0 radical (unpaired) electrons. The minimum absolute atomic E-state index is 0.644. The Morgan fingerprint density at radius 2 is 1.93 bits per heavy atom. The molecule has 1 aromatic heterocycles. The third kappa shape index (κ3) is 4.55. The Balaban J connectivity index is 1.39. The van der Waals surface area contributed by atoms with E-state index in [1.54, 1.807) is 0 Å². The summed E-state index contributed by atoms with van der Waals surface area (Å²) < 4.78 is 17.2. The molecule has 0 N–H and O–H groups in total. The fraction of sp³-hybridized carbons (Fsp3) is 0.304. The molecule has 1 aliphatic rings. The molecule has 1 aliphatic heterocycles. The first-order valence-corrected chi connectivity index (χ1v) is 9.59. The summed E-state index contributed by atoms with van der Waals surface area (Å²) in [5.41, 5.74) is 3.16. The van der Waals surface area contributed by atoms with Gasteiger partial charge in [0.25, 0.3) is 0 Å². The van der Waals surface area contributed by atoms with Crippen molar-refractivity contribution in [3.8, 4) is 5.75 Å². The molecule has 0 saturated carbocycles. The lowest BCUT2D eigenvalue weighted by Gasteiger charge is -2.13. The van der Waals surface area contributed by atoms with Crippen LogP contribution >= 0.6 is 0 Å². The van der Waals surface area contributed by atoms with Gasteiger partial charge >= 0.3 is 0 Å². The lowest BCUT2D eigenvalue weighted by Crippen LogP contribution is -2.25. The zero-order chi connectivity index (χ0) is 19.3. The Bertz CT molecular complexity index is 938. The van der Waals surface area contributed by atoms with Crippen LogP contribution in [0.15, 0.2) is 52.9 Å². The summed E-state index contributed by atoms with van der Waals surface area (Å²) >= 11 is 0. The molecule has 4 rings (SSSR count). The van der Waals surface area contributed by atoms with Gasteiger partial charge in [-0.2, -0.15) is 0 Å². The molecule has 2 heterocycles. The number of nitrogens with zero attached hydrogens (tertiary/aromatic N) is 2. The van der Waals surface area contributed by atoms with Gasteiger partial charge in [-0.25, -0.2) is 0 Å². The molecule has 0 aliphatic carbocycles. The summed E-state index contributed by atoms with van der Waals surface area (Å²) in [4.78, 5) is 4.32. The lowest BCUT2D eigenvalue weighted by molar-refractivity contribution is 0.129. The van der Waals surface area contributed by atoms with E-state index >= 15 is 0 Å². The maximum Gasteiger partial charge on any atom is 0.138 e. The molecule has 0 amide bonds. The SMILES string of the molecule is CN(C)c1ccc(C=Cc2cc3ccc(OCCN4CCOC4)cc3o2)cc1. The number of benzene rings is 2.